The Morgan fingerprint density at radius 3 is 3.13 bits per heavy atom. The van der Waals surface area contributed by atoms with Crippen molar-refractivity contribution in [1.82, 2.24) is 4.98 Å². The number of Topliss-reactive ketones (excluding diaryl/α,β-unsaturated/α-hetero) is 1. The predicted molar refractivity (Wildman–Crippen MR) is 51.8 cm³/mol. The van der Waals surface area contributed by atoms with Crippen LogP contribution in [-0.4, -0.2) is 24.0 Å². The van der Waals surface area contributed by atoms with E-state index in [1.165, 1.54) is 6.07 Å². The molecule has 3 nitrogen and oxygen atoms in total. The highest BCUT2D eigenvalue weighted by atomic mass is 19.1. The maximum absolute atomic E-state index is 12.8. The van der Waals surface area contributed by atoms with Crippen molar-refractivity contribution in [3.63, 3.8) is 0 Å². The standard InChI is InChI=1S/C11H12FNO2/c12-10-4-8(5-13-6-10)3-9-7-15-2-1-11(9)14/h4-6,9H,1-3,7H2. The van der Waals surface area contributed by atoms with Gasteiger partial charge in [-0.25, -0.2) is 4.39 Å². The first-order chi connectivity index (χ1) is 7.25. The van der Waals surface area contributed by atoms with Crippen molar-refractivity contribution in [2.45, 2.75) is 12.8 Å². The third-order valence-electron chi connectivity index (χ3n) is 2.51. The molecule has 15 heavy (non-hydrogen) atoms. The van der Waals surface area contributed by atoms with Crippen molar-refractivity contribution >= 4 is 5.78 Å². The van der Waals surface area contributed by atoms with Crippen LogP contribution in [0.15, 0.2) is 18.5 Å². The molecule has 4 heteroatoms. The zero-order valence-electron chi connectivity index (χ0n) is 8.28. The first-order valence-corrected chi connectivity index (χ1v) is 4.95. The normalized spacial score (nSPS) is 21.7. The van der Waals surface area contributed by atoms with Gasteiger partial charge >= 0.3 is 0 Å². The van der Waals surface area contributed by atoms with Crippen molar-refractivity contribution in [2.75, 3.05) is 13.2 Å². The van der Waals surface area contributed by atoms with Crippen LogP contribution in [0.5, 0.6) is 0 Å². The number of carbonyl (C=O) groups is 1. The molecule has 1 fully saturated rings. The second-order valence-electron chi connectivity index (χ2n) is 3.70. The minimum Gasteiger partial charge on any atom is -0.380 e. The lowest BCUT2D eigenvalue weighted by Crippen LogP contribution is -2.29. The molecular formula is C11H12FNO2. The first kappa shape index (κ1) is 10.2. The highest BCUT2D eigenvalue weighted by Gasteiger charge is 2.23. The van der Waals surface area contributed by atoms with Crippen molar-refractivity contribution in [2.24, 2.45) is 5.92 Å². The van der Waals surface area contributed by atoms with E-state index in [4.69, 9.17) is 4.74 Å². The summed E-state index contributed by atoms with van der Waals surface area (Å²) in [5, 5.41) is 0. The van der Waals surface area contributed by atoms with Gasteiger partial charge in [0.05, 0.1) is 19.4 Å². The van der Waals surface area contributed by atoms with Gasteiger partial charge in [-0.2, -0.15) is 0 Å². The van der Waals surface area contributed by atoms with Crippen LogP contribution < -0.4 is 0 Å². The van der Waals surface area contributed by atoms with E-state index < -0.39 is 0 Å². The van der Waals surface area contributed by atoms with Crippen LogP contribution in [0.3, 0.4) is 0 Å². The van der Waals surface area contributed by atoms with Crippen molar-refractivity contribution in [1.29, 1.82) is 0 Å². The smallest absolute Gasteiger partial charge is 0.141 e. The van der Waals surface area contributed by atoms with E-state index in [-0.39, 0.29) is 17.5 Å². The molecule has 0 aliphatic carbocycles. The molecule has 0 spiro atoms. The molecule has 80 valence electrons. The number of hydrogen-bond acceptors (Lipinski definition) is 3. The zero-order chi connectivity index (χ0) is 10.7. The van der Waals surface area contributed by atoms with Crippen molar-refractivity contribution in [3.8, 4) is 0 Å². The topological polar surface area (TPSA) is 39.2 Å². The number of ketones is 1. The summed E-state index contributed by atoms with van der Waals surface area (Å²) in [6.07, 6.45) is 3.73. The Kier molecular flexibility index (Phi) is 3.06. The molecule has 0 bridgehead atoms. The summed E-state index contributed by atoms with van der Waals surface area (Å²) in [6, 6.07) is 1.41. The van der Waals surface area contributed by atoms with Gasteiger partial charge in [0.15, 0.2) is 0 Å². The number of hydrogen-bond donors (Lipinski definition) is 0. The molecule has 1 unspecified atom stereocenters. The summed E-state index contributed by atoms with van der Waals surface area (Å²) in [4.78, 5) is 15.2. The van der Waals surface area contributed by atoms with Gasteiger partial charge in [-0.1, -0.05) is 0 Å². The molecule has 0 amide bonds. The Balaban J connectivity index is 2.04. The average Bonchev–Trinajstić information content (AvgIpc) is 2.22. The summed E-state index contributed by atoms with van der Waals surface area (Å²) in [5.74, 6) is -0.301. The fourth-order valence-corrected chi connectivity index (χ4v) is 1.72. The van der Waals surface area contributed by atoms with E-state index in [1.807, 2.05) is 0 Å². The summed E-state index contributed by atoms with van der Waals surface area (Å²) in [6.45, 7) is 0.950. The molecular weight excluding hydrogens is 197 g/mol. The van der Waals surface area contributed by atoms with Crippen LogP contribution in [-0.2, 0) is 16.0 Å². The Morgan fingerprint density at radius 2 is 2.40 bits per heavy atom. The van der Waals surface area contributed by atoms with Gasteiger partial charge in [-0.05, 0) is 18.1 Å². The fourth-order valence-electron chi connectivity index (χ4n) is 1.72. The number of aromatic nitrogens is 1. The predicted octanol–water partition coefficient (Wildman–Crippen LogP) is 1.37. The molecule has 1 aliphatic rings. The molecule has 0 aromatic carbocycles. The van der Waals surface area contributed by atoms with E-state index >= 15 is 0 Å². The molecule has 1 atom stereocenters. The lowest BCUT2D eigenvalue weighted by atomic mass is 9.94. The van der Waals surface area contributed by atoms with Crippen molar-refractivity contribution in [3.05, 3.63) is 29.8 Å². The number of carbonyl (C=O) groups excluding carboxylic acids is 1. The van der Waals surface area contributed by atoms with Gasteiger partial charge < -0.3 is 4.74 Å². The monoisotopic (exact) mass is 209 g/mol. The maximum Gasteiger partial charge on any atom is 0.141 e. The molecule has 1 aromatic heterocycles. The van der Waals surface area contributed by atoms with Gasteiger partial charge in [0.25, 0.3) is 0 Å². The summed E-state index contributed by atoms with van der Waals surface area (Å²) in [5.41, 5.74) is 0.749. The van der Waals surface area contributed by atoms with Crippen LogP contribution >= 0.6 is 0 Å². The van der Waals surface area contributed by atoms with E-state index in [2.05, 4.69) is 4.98 Å². The highest BCUT2D eigenvalue weighted by Crippen LogP contribution is 2.15. The minimum absolute atomic E-state index is 0.137. The number of pyridine rings is 1. The second kappa shape index (κ2) is 4.49. The van der Waals surface area contributed by atoms with Crippen LogP contribution in [0, 0.1) is 11.7 Å². The van der Waals surface area contributed by atoms with E-state index in [0.717, 1.165) is 11.8 Å². The van der Waals surface area contributed by atoms with Gasteiger partial charge in [-0.3, -0.25) is 9.78 Å². The van der Waals surface area contributed by atoms with Crippen molar-refractivity contribution < 1.29 is 13.9 Å². The number of rotatable bonds is 2. The summed E-state index contributed by atoms with van der Waals surface area (Å²) in [7, 11) is 0. The Morgan fingerprint density at radius 1 is 1.53 bits per heavy atom. The molecule has 0 saturated carbocycles. The van der Waals surface area contributed by atoms with Crippen LogP contribution in [0.1, 0.15) is 12.0 Å². The third-order valence-corrected chi connectivity index (χ3v) is 2.51. The first-order valence-electron chi connectivity index (χ1n) is 4.95. The minimum atomic E-state index is -0.364. The van der Waals surface area contributed by atoms with Crippen LogP contribution in [0.4, 0.5) is 4.39 Å². The number of ether oxygens (including phenoxy) is 1. The Bertz CT molecular complexity index is 367. The van der Waals surface area contributed by atoms with E-state index in [1.54, 1.807) is 6.20 Å². The molecule has 1 aliphatic heterocycles. The summed E-state index contributed by atoms with van der Waals surface area (Å²) < 4.78 is 18.1. The largest absolute Gasteiger partial charge is 0.380 e. The molecule has 0 N–H and O–H groups in total. The van der Waals surface area contributed by atoms with Gasteiger partial charge in [-0.15, -0.1) is 0 Å². The maximum atomic E-state index is 12.8. The van der Waals surface area contributed by atoms with E-state index in [0.29, 0.717) is 26.1 Å². The summed E-state index contributed by atoms with van der Waals surface area (Å²) >= 11 is 0. The number of nitrogens with zero attached hydrogens (tertiary/aromatic N) is 1. The second-order valence-corrected chi connectivity index (χ2v) is 3.70. The van der Waals surface area contributed by atoms with E-state index in [9.17, 15) is 9.18 Å². The average molecular weight is 209 g/mol. The number of halogens is 1. The lowest BCUT2D eigenvalue weighted by molar-refractivity contribution is -0.130. The zero-order valence-corrected chi connectivity index (χ0v) is 8.28. The molecule has 1 aromatic rings. The third kappa shape index (κ3) is 2.59. The Labute approximate surface area is 87.3 Å². The molecule has 0 radical (unpaired) electrons. The quantitative estimate of drug-likeness (QED) is 0.738. The fraction of sp³-hybridized carbons (Fsp3) is 0.455. The Hall–Kier alpha value is -1.29. The lowest BCUT2D eigenvalue weighted by Gasteiger charge is -2.20. The van der Waals surface area contributed by atoms with Gasteiger partial charge in [0, 0.05) is 18.5 Å². The van der Waals surface area contributed by atoms with Gasteiger partial charge in [0.2, 0.25) is 0 Å². The SMILES string of the molecule is O=C1CCOCC1Cc1cncc(F)c1. The molecule has 2 rings (SSSR count). The van der Waals surface area contributed by atoms with Crippen LogP contribution in [0.2, 0.25) is 0 Å². The molecule has 2 heterocycles. The van der Waals surface area contributed by atoms with Gasteiger partial charge in [0.1, 0.15) is 11.6 Å². The molecule has 1 saturated heterocycles. The highest BCUT2D eigenvalue weighted by molar-refractivity contribution is 5.82. The van der Waals surface area contributed by atoms with Crippen LogP contribution in [0.25, 0.3) is 0 Å².